The predicted molar refractivity (Wildman–Crippen MR) is 80.1 cm³/mol. The number of benzene rings is 2. The summed E-state index contributed by atoms with van der Waals surface area (Å²) in [6.45, 7) is 4.05. The van der Waals surface area contributed by atoms with E-state index in [-0.39, 0.29) is 5.78 Å². The summed E-state index contributed by atoms with van der Waals surface area (Å²) in [4.78, 5) is 17.3. The second-order valence-corrected chi connectivity index (χ2v) is 5.41. The highest BCUT2D eigenvalue weighted by Gasteiger charge is 2.28. The number of fused-ring (bicyclic) bond motifs is 4. The molecule has 0 unspecified atom stereocenters. The average Bonchev–Trinajstić information content (AvgIpc) is 2.71. The number of hydrogen-bond acceptors (Lipinski definition) is 2. The molecule has 0 fully saturated rings. The zero-order valence-corrected chi connectivity index (χ0v) is 11.4. The van der Waals surface area contributed by atoms with Gasteiger partial charge in [-0.05, 0) is 31.5 Å². The van der Waals surface area contributed by atoms with Gasteiger partial charge in [-0.25, -0.2) is 4.98 Å². The van der Waals surface area contributed by atoms with Crippen LogP contribution in [0.2, 0.25) is 0 Å². The van der Waals surface area contributed by atoms with Gasteiger partial charge in [0.2, 0.25) is 0 Å². The first-order valence-electron chi connectivity index (χ1n) is 6.71. The third-order valence-corrected chi connectivity index (χ3v) is 3.97. The number of carbonyl (C=O) groups is 1. The molecule has 4 rings (SSSR count). The predicted octanol–water partition coefficient (Wildman–Crippen LogP) is 4.06. The number of pyridine rings is 1. The summed E-state index contributed by atoms with van der Waals surface area (Å²) in [5.74, 6) is 0.0922. The van der Waals surface area contributed by atoms with Crippen molar-refractivity contribution in [3.8, 4) is 11.3 Å². The first-order chi connectivity index (χ1) is 9.65. The van der Waals surface area contributed by atoms with E-state index in [9.17, 15) is 4.79 Å². The van der Waals surface area contributed by atoms with Crippen LogP contribution in [0, 0.1) is 13.8 Å². The van der Waals surface area contributed by atoms with Crippen molar-refractivity contribution in [3.63, 3.8) is 0 Å². The lowest BCUT2D eigenvalue weighted by Gasteiger charge is -2.05. The van der Waals surface area contributed by atoms with Gasteiger partial charge in [0, 0.05) is 22.1 Å². The Kier molecular flexibility index (Phi) is 2.14. The number of carbonyl (C=O) groups excluding carboxylic acids is 1. The van der Waals surface area contributed by atoms with E-state index in [0.717, 1.165) is 44.4 Å². The van der Waals surface area contributed by atoms with Crippen molar-refractivity contribution in [2.45, 2.75) is 13.8 Å². The van der Waals surface area contributed by atoms with Crippen LogP contribution in [0.4, 0.5) is 0 Å². The number of para-hydroxylation sites is 1. The van der Waals surface area contributed by atoms with E-state index in [2.05, 4.69) is 13.0 Å². The Balaban J connectivity index is 2.11. The highest BCUT2D eigenvalue weighted by Crippen LogP contribution is 2.37. The lowest BCUT2D eigenvalue weighted by atomic mass is 10.1. The van der Waals surface area contributed by atoms with E-state index >= 15 is 0 Å². The molecule has 1 heterocycles. The van der Waals surface area contributed by atoms with Crippen LogP contribution < -0.4 is 0 Å². The van der Waals surface area contributed by atoms with Crippen LogP contribution >= 0.6 is 0 Å². The maximum absolute atomic E-state index is 12.5. The maximum atomic E-state index is 12.5. The van der Waals surface area contributed by atoms with E-state index in [1.54, 1.807) is 0 Å². The van der Waals surface area contributed by atoms with Gasteiger partial charge in [0.05, 0.1) is 11.2 Å². The molecule has 0 N–H and O–H groups in total. The molecule has 1 aliphatic rings. The second-order valence-electron chi connectivity index (χ2n) is 5.41. The Morgan fingerprint density at radius 3 is 2.60 bits per heavy atom. The first-order valence-corrected chi connectivity index (χ1v) is 6.71. The van der Waals surface area contributed by atoms with Crippen LogP contribution in [0.5, 0.6) is 0 Å². The summed E-state index contributed by atoms with van der Waals surface area (Å²) < 4.78 is 0. The van der Waals surface area contributed by atoms with Crippen molar-refractivity contribution in [2.24, 2.45) is 0 Å². The topological polar surface area (TPSA) is 30.0 Å². The van der Waals surface area contributed by atoms with Crippen LogP contribution in [0.15, 0.2) is 42.5 Å². The zero-order chi connectivity index (χ0) is 13.9. The summed E-state index contributed by atoms with van der Waals surface area (Å²) >= 11 is 0. The van der Waals surface area contributed by atoms with Gasteiger partial charge in [0.25, 0.3) is 0 Å². The number of rotatable bonds is 0. The second kappa shape index (κ2) is 3.76. The smallest absolute Gasteiger partial charge is 0.195 e. The molecular weight excluding hydrogens is 246 g/mol. The molecule has 2 heteroatoms. The third kappa shape index (κ3) is 1.39. The third-order valence-electron chi connectivity index (χ3n) is 3.97. The number of nitrogens with zero attached hydrogens (tertiary/aromatic N) is 1. The molecule has 0 radical (unpaired) electrons. The standard InChI is InChI=1S/C18H13NO/c1-10-6-7-13-14(8-10)18(20)15-9-12-5-3-4-11(2)16(12)19-17(13)15/h3-9H,1-2H3. The Hall–Kier alpha value is -2.48. The number of aryl methyl sites for hydroxylation is 2. The van der Waals surface area contributed by atoms with Gasteiger partial charge >= 0.3 is 0 Å². The minimum absolute atomic E-state index is 0.0922. The lowest BCUT2D eigenvalue weighted by Crippen LogP contribution is -1.96. The summed E-state index contributed by atoms with van der Waals surface area (Å²) in [6, 6.07) is 14.0. The van der Waals surface area contributed by atoms with Gasteiger partial charge < -0.3 is 0 Å². The molecule has 20 heavy (non-hydrogen) atoms. The monoisotopic (exact) mass is 259 g/mol. The van der Waals surface area contributed by atoms with Crippen molar-refractivity contribution in [3.05, 3.63) is 64.7 Å². The van der Waals surface area contributed by atoms with E-state index in [4.69, 9.17) is 4.98 Å². The molecule has 2 nitrogen and oxygen atoms in total. The first kappa shape index (κ1) is 11.4. The van der Waals surface area contributed by atoms with Crippen LogP contribution in [0.25, 0.3) is 22.2 Å². The van der Waals surface area contributed by atoms with Crippen LogP contribution in [-0.2, 0) is 0 Å². The molecule has 0 saturated heterocycles. The van der Waals surface area contributed by atoms with Crippen LogP contribution in [-0.4, -0.2) is 10.8 Å². The van der Waals surface area contributed by atoms with Crippen molar-refractivity contribution in [1.82, 2.24) is 4.98 Å². The minimum atomic E-state index is 0.0922. The fourth-order valence-electron chi connectivity index (χ4n) is 2.92. The SMILES string of the molecule is Cc1ccc2c(c1)C(=O)c1cc3cccc(C)c3nc1-2. The largest absolute Gasteiger partial charge is 0.289 e. The highest BCUT2D eigenvalue weighted by atomic mass is 16.1. The highest BCUT2D eigenvalue weighted by molar-refractivity contribution is 6.22. The lowest BCUT2D eigenvalue weighted by molar-refractivity contribution is 0.104. The Morgan fingerprint density at radius 2 is 1.75 bits per heavy atom. The maximum Gasteiger partial charge on any atom is 0.195 e. The molecule has 0 spiro atoms. The van der Waals surface area contributed by atoms with Gasteiger partial charge in [-0.15, -0.1) is 0 Å². The Labute approximate surface area is 117 Å². The molecule has 0 bridgehead atoms. The minimum Gasteiger partial charge on any atom is -0.289 e. The van der Waals surface area contributed by atoms with Crippen LogP contribution in [0.3, 0.4) is 0 Å². The van der Waals surface area contributed by atoms with Crippen molar-refractivity contribution >= 4 is 16.7 Å². The van der Waals surface area contributed by atoms with E-state index in [1.807, 2.05) is 43.3 Å². The molecule has 3 aromatic rings. The molecule has 0 atom stereocenters. The molecule has 0 amide bonds. The molecule has 1 aromatic heterocycles. The molecule has 0 saturated carbocycles. The Bertz CT molecular complexity index is 893. The van der Waals surface area contributed by atoms with Gasteiger partial charge in [-0.1, -0.05) is 35.9 Å². The number of ketones is 1. The molecule has 2 aromatic carbocycles. The fourth-order valence-corrected chi connectivity index (χ4v) is 2.92. The molecule has 0 aliphatic heterocycles. The summed E-state index contributed by atoms with van der Waals surface area (Å²) in [5.41, 5.74) is 6.51. The Morgan fingerprint density at radius 1 is 0.900 bits per heavy atom. The van der Waals surface area contributed by atoms with Crippen molar-refractivity contribution < 1.29 is 4.79 Å². The summed E-state index contributed by atoms with van der Waals surface area (Å²) in [5, 5.41) is 1.03. The average molecular weight is 259 g/mol. The van der Waals surface area contributed by atoms with Gasteiger partial charge in [0.1, 0.15) is 0 Å². The van der Waals surface area contributed by atoms with Gasteiger partial charge in [-0.3, -0.25) is 4.79 Å². The van der Waals surface area contributed by atoms with Crippen molar-refractivity contribution in [1.29, 1.82) is 0 Å². The molecular formula is C18H13NO. The fraction of sp³-hybridized carbons (Fsp3) is 0.111. The normalized spacial score (nSPS) is 12.6. The number of aromatic nitrogens is 1. The van der Waals surface area contributed by atoms with Gasteiger partial charge in [0.15, 0.2) is 5.78 Å². The summed E-state index contributed by atoms with van der Waals surface area (Å²) in [6.07, 6.45) is 0. The zero-order valence-electron chi connectivity index (χ0n) is 11.4. The van der Waals surface area contributed by atoms with E-state index in [1.165, 1.54) is 0 Å². The number of hydrogen-bond donors (Lipinski definition) is 0. The van der Waals surface area contributed by atoms with Crippen molar-refractivity contribution in [2.75, 3.05) is 0 Å². The van der Waals surface area contributed by atoms with Gasteiger partial charge in [-0.2, -0.15) is 0 Å². The van der Waals surface area contributed by atoms with E-state index in [0.29, 0.717) is 0 Å². The van der Waals surface area contributed by atoms with Crippen LogP contribution in [0.1, 0.15) is 27.0 Å². The summed E-state index contributed by atoms with van der Waals surface area (Å²) in [7, 11) is 0. The quantitative estimate of drug-likeness (QED) is 0.476. The molecule has 1 aliphatic carbocycles. The van der Waals surface area contributed by atoms with E-state index < -0.39 is 0 Å². The molecule has 96 valence electrons.